The van der Waals surface area contributed by atoms with Gasteiger partial charge in [-0.15, -0.1) is 0 Å². The van der Waals surface area contributed by atoms with E-state index in [4.69, 9.17) is 0 Å². The summed E-state index contributed by atoms with van der Waals surface area (Å²) in [6.45, 7) is 6.10. The van der Waals surface area contributed by atoms with Crippen molar-refractivity contribution in [3.05, 3.63) is 0 Å². The molecule has 1 heterocycles. The molecule has 0 aromatic rings. The van der Waals surface area contributed by atoms with Crippen molar-refractivity contribution in [2.75, 3.05) is 26.7 Å². The first kappa shape index (κ1) is 13.5. The quantitative estimate of drug-likeness (QED) is 0.725. The van der Waals surface area contributed by atoms with E-state index in [1.54, 1.807) is 11.9 Å². The lowest BCUT2D eigenvalue weighted by Crippen LogP contribution is -2.45. The summed E-state index contributed by atoms with van der Waals surface area (Å²) in [6.07, 6.45) is 2.23. The van der Waals surface area contributed by atoms with Crippen molar-refractivity contribution in [1.82, 2.24) is 10.2 Å². The standard InChI is InChI=1S/C12H24N2O2/c1-10(2)4-5-11(15)14(3)9-12(16)6-7-13-8-12/h10,13,16H,4-9H2,1-3H3. The highest BCUT2D eigenvalue weighted by atomic mass is 16.3. The first-order chi connectivity index (χ1) is 7.43. The van der Waals surface area contributed by atoms with E-state index in [1.807, 2.05) is 0 Å². The van der Waals surface area contributed by atoms with Crippen molar-refractivity contribution in [2.45, 2.75) is 38.7 Å². The third-order valence-electron chi connectivity index (χ3n) is 3.11. The zero-order valence-corrected chi connectivity index (χ0v) is 10.6. The van der Waals surface area contributed by atoms with Crippen LogP contribution >= 0.6 is 0 Å². The molecule has 1 rings (SSSR count). The third kappa shape index (κ3) is 4.10. The minimum Gasteiger partial charge on any atom is -0.387 e. The number of aliphatic hydroxyl groups is 1. The Kier molecular flexibility index (Phi) is 4.74. The van der Waals surface area contributed by atoms with Crippen molar-refractivity contribution < 1.29 is 9.90 Å². The van der Waals surface area contributed by atoms with E-state index < -0.39 is 5.60 Å². The van der Waals surface area contributed by atoms with Gasteiger partial charge in [0.1, 0.15) is 0 Å². The van der Waals surface area contributed by atoms with Crippen LogP contribution in [-0.2, 0) is 4.79 Å². The van der Waals surface area contributed by atoms with E-state index >= 15 is 0 Å². The molecule has 1 aliphatic heterocycles. The highest BCUT2D eigenvalue weighted by molar-refractivity contribution is 5.75. The summed E-state index contributed by atoms with van der Waals surface area (Å²) in [7, 11) is 1.78. The fraction of sp³-hybridized carbons (Fsp3) is 0.917. The second-order valence-electron chi connectivity index (χ2n) is 5.33. The van der Waals surface area contributed by atoms with Crippen molar-refractivity contribution in [2.24, 2.45) is 5.92 Å². The number of nitrogens with one attached hydrogen (secondary N) is 1. The molecule has 16 heavy (non-hydrogen) atoms. The van der Waals surface area contributed by atoms with Gasteiger partial charge in [-0.25, -0.2) is 0 Å². The topological polar surface area (TPSA) is 52.6 Å². The van der Waals surface area contributed by atoms with Crippen LogP contribution in [0.5, 0.6) is 0 Å². The maximum Gasteiger partial charge on any atom is 0.222 e. The molecule has 1 amide bonds. The number of nitrogens with zero attached hydrogens (tertiary/aromatic N) is 1. The number of rotatable bonds is 5. The van der Waals surface area contributed by atoms with E-state index in [-0.39, 0.29) is 5.91 Å². The molecule has 1 aliphatic rings. The highest BCUT2D eigenvalue weighted by Crippen LogP contribution is 2.16. The van der Waals surface area contributed by atoms with E-state index in [0.29, 0.717) is 25.4 Å². The zero-order chi connectivity index (χ0) is 12.2. The number of amides is 1. The molecule has 1 saturated heterocycles. The van der Waals surface area contributed by atoms with Crippen LogP contribution < -0.4 is 5.32 Å². The molecule has 0 radical (unpaired) electrons. The van der Waals surface area contributed by atoms with E-state index in [1.165, 1.54) is 0 Å². The predicted octanol–water partition coefficient (Wildman–Crippen LogP) is 0.605. The summed E-state index contributed by atoms with van der Waals surface area (Å²) in [4.78, 5) is 13.4. The zero-order valence-electron chi connectivity index (χ0n) is 10.6. The van der Waals surface area contributed by atoms with Crippen LogP contribution in [-0.4, -0.2) is 48.2 Å². The molecule has 94 valence electrons. The number of hydrogen-bond donors (Lipinski definition) is 2. The van der Waals surface area contributed by atoms with Crippen LogP contribution in [0.3, 0.4) is 0 Å². The number of β-amino-alcohol motifs (C(OH)–C–C–N with tert-alkyl or cyclic N) is 1. The maximum absolute atomic E-state index is 11.8. The molecular formula is C12H24N2O2. The molecule has 0 aromatic carbocycles. The van der Waals surface area contributed by atoms with E-state index in [0.717, 1.165) is 19.4 Å². The molecule has 0 bridgehead atoms. The van der Waals surface area contributed by atoms with Gasteiger partial charge in [-0.1, -0.05) is 13.8 Å². The Hall–Kier alpha value is -0.610. The fourth-order valence-electron chi connectivity index (χ4n) is 2.00. The molecule has 2 N–H and O–H groups in total. The Bertz CT molecular complexity index is 235. The Morgan fingerprint density at radius 3 is 2.75 bits per heavy atom. The van der Waals surface area contributed by atoms with Gasteiger partial charge in [0.25, 0.3) is 0 Å². The monoisotopic (exact) mass is 228 g/mol. The van der Waals surface area contributed by atoms with Crippen molar-refractivity contribution in [3.63, 3.8) is 0 Å². The van der Waals surface area contributed by atoms with Crippen LogP contribution in [0.4, 0.5) is 0 Å². The molecule has 0 saturated carbocycles. The van der Waals surface area contributed by atoms with Crippen molar-refractivity contribution in [1.29, 1.82) is 0 Å². The predicted molar refractivity (Wildman–Crippen MR) is 64.1 cm³/mol. The molecule has 1 fully saturated rings. The first-order valence-corrected chi connectivity index (χ1v) is 6.10. The maximum atomic E-state index is 11.8. The molecule has 1 unspecified atom stereocenters. The molecular weight excluding hydrogens is 204 g/mol. The van der Waals surface area contributed by atoms with Gasteiger partial charge in [-0.05, 0) is 25.3 Å². The lowest BCUT2D eigenvalue weighted by atomic mass is 10.0. The largest absolute Gasteiger partial charge is 0.387 e. The lowest BCUT2D eigenvalue weighted by Gasteiger charge is -2.28. The van der Waals surface area contributed by atoms with E-state index in [2.05, 4.69) is 19.2 Å². The fourth-order valence-corrected chi connectivity index (χ4v) is 2.00. The normalized spacial score (nSPS) is 25.1. The van der Waals surface area contributed by atoms with Crippen LogP contribution in [0.25, 0.3) is 0 Å². The Balaban J connectivity index is 2.33. The summed E-state index contributed by atoms with van der Waals surface area (Å²) < 4.78 is 0. The third-order valence-corrected chi connectivity index (χ3v) is 3.11. The van der Waals surface area contributed by atoms with Crippen molar-refractivity contribution >= 4 is 5.91 Å². The van der Waals surface area contributed by atoms with Gasteiger partial charge in [0, 0.05) is 20.0 Å². The highest BCUT2D eigenvalue weighted by Gasteiger charge is 2.33. The average Bonchev–Trinajstić information content (AvgIpc) is 2.61. The van der Waals surface area contributed by atoms with Gasteiger partial charge in [0.05, 0.1) is 12.1 Å². The van der Waals surface area contributed by atoms with Gasteiger partial charge in [0.2, 0.25) is 5.91 Å². The Morgan fingerprint density at radius 2 is 2.25 bits per heavy atom. The smallest absolute Gasteiger partial charge is 0.222 e. The molecule has 0 aromatic heterocycles. The van der Waals surface area contributed by atoms with Crippen LogP contribution in [0.1, 0.15) is 33.1 Å². The second-order valence-corrected chi connectivity index (χ2v) is 5.33. The molecule has 0 spiro atoms. The lowest BCUT2D eigenvalue weighted by molar-refractivity contribution is -0.133. The van der Waals surface area contributed by atoms with Gasteiger partial charge in [-0.3, -0.25) is 4.79 Å². The van der Waals surface area contributed by atoms with Gasteiger partial charge >= 0.3 is 0 Å². The van der Waals surface area contributed by atoms with Gasteiger partial charge in [0.15, 0.2) is 0 Å². The molecule has 1 atom stereocenters. The summed E-state index contributed by atoms with van der Waals surface area (Å²) in [5, 5.41) is 13.3. The summed E-state index contributed by atoms with van der Waals surface area (Å²) in [6, 6.07) is 0. The first-order valence-electron chi connectivity index (χ1n) is 6.10. The number of hydrogen-bond acceptors (Lipinski definition) is 3. The summed E-state index contributed by atoms with van der Waals surface area (Å²) >= 11 is 0. The Labute approximate surface area is 98.0 Å². The van der Waals surface area contributed by atoms with Crippen LogP contribution in [0, 0.1) is 5.92 Å². The summed E-state index contributed by atoms with van der Waals surface area (Å²) in [5.41, 5.74) is -0.720. The molecule has 4 nitrogen and oxygen atoms in total. The van der Waals surface area contributed by atoms with Crippen molar-refractivity contribution in [3.8, 4) is 0 Å². The molecule has 4 heteroatoms. The van der Waals surface area contributed by atoms with E-state index in [9.17, 15) is 9.90 Å². The van der Waals surface area contributed by atoms with Gasteiger partial charge in [-0.2, -0.15) is 0 Å². The van der Waals surface area contributed by atoms with Gasteiger partial charge < -0.3 is 15.3 Å². The minimum absolute atomic E-state index is 0.133. The SMILES string of the molecule is CC(C)CCC(=O)N(C)CC1(O)CCNC1. The number of carbonyl (C=O) groups is 1. The average molecular weight is 228 g/mol. The number of carbonyl (C=O) groups excluding carboxylic acids is 1. The van der Waals surface area contributed by atoms with Crippen LogP contribution in [0.15, 0.2) is 0 Å². The minimum atomic E-state index is -0.720. The molecule has 0 aliphatic carbocycles. The number of likely N-dealkylation sites (N-methyl/N-ethyl adjacent to an activating group) is 1. The van der Waals surface area contributed by atoms with Crippen LogP contribution in [0.2, 0.25) is 0 Å². The second kappa shape index (κ2) is 5.64. The Morgan fingerprint density at radius 1 is 1.56 bits per heavy atom. The summed E-state index contributed by atoms with van der Waals surface area (Å²) in [5.74, 6) is 0.683.